The summed E-state index contributed by atoms with van der Waals surface area (Å²) < 4.78 is 266. The quantitative estimate of drug-likeness (QED) is 0.191. The Bertz CT molecular complexity index is 869. The van der Waals surface area contributed by atoms with Crippen molar-refractivity contribution in [3.63, 3.8) is 0 Å². The second kappa shape index (κ2) is 10.2. The van der Waals surface area contributed by atoms with Crippen LogP contribution in [0, 0.1) is 0 Å². The third-order valence-corrected chi connectivity index (χ3v) is 8.00. The molecule has 0 heterocycles. The maximum Gasteiger partial charge on any atom is 0.428 e. The van der Waals surface area contributed by atoms with Gasteiger partial charge in [-0.2, -0.15) is 95.9 Å². The van der Waals surface area contributed by atoms with Gasteiger partial charge in [-0.05, 0) is 12.8 Å². The number of rotatable bonds is 9. The summed E-state index contributed by atoms with van der Waals surface area (Å²) in [5.74, 6) is 0. The van der Waals surface area contributed by atoms with Crippen molar-refractivity contribution in [2.75, 3.05) is 13.2 Å². The molecule has 0 radical (unpaired) electrons. The van der Waals surface area contributed by atoms with E-state index in [1.807, 2.05) is 0 Å². The van der Waals surface area contributed by atoms with Gasteiger partial charge in [0.2, 0.25) is 0 Å². The van der Waals surface area contributed by atoms with Crippen LogP contribution in [-0.4, -0.2) is 76.6 Å². The first-order chi connectivity index (χ1) is 16.2. The molecular weight excluding hydrogens is 646 g/mol. The van der Waals surface area contributed by atoms with E-state index in [1.165, 1.54) is 0 Å². The Labute approximate surface area is 198 Å². The van der Waals surface area contributed by atoms with Gasteiger partial charge in [0.25, 0.3) is 0 Å². The SMILES string of the molecule is O=S(=O)(OCCCCOS(=O)(=O)C(C(F)(F)F)(C(F)(F)F)C(F)(F)F)C(C(F)(F)F)(C(F)(F)F)C(F)(F)F. The maximum absolute atomic E-state index is 12.8. The molecule has 26 heteroatoms. The fourth-order valence-corrected chi connectivity index (χ4v) is 5.26. The fourth-order valence-electron chi connectivity index (χ4n) is 2.53. The smallest absolute Gasteiger partial charge is 0.269 e. The minimum atomic E-state index is -7.83. The van der Waals surface area contributed by atoms with E-state index in [2.05, 4.69) is 8.37 Å². The molecule has 0 aromatic heterocycles. The molecule has 6 nitrogen and oxygen atoms in total. The Morgan fingerprint density at radius 1 is 0.368 bits per heavy atom. The molecule has 0 unspecified atom stereocenters. The van der Waals surface area contributed by atoms with E-state index in [4.69, 9.17) is 0 Å². The highest BCUT2D eigenvalue weighted by molar-refractivity contribution is 7.88. The van der Waals surface area contributed by atoms with Gasteiger partial charge in [-0.25, -0.2) is 0 Å². The van der Waals surface area contributed by atoms with Crippen molar-refractivity contribution in [1.82, 2.24) is 0 Å². The molecule has 0 spiro atoms. The first-order valence-corrected chi connectivity index (χ1v) is 11.2. The average Bonchev–Trinajstić information content (AvgIpc) is 2.48. The largest absolute Gasteiger partial charge is 0.428 e. The molecule has 0 aromatic carbocycles. The lowest BCUT2D eigenvalue weighted by molar-refractivity contribution is -0.351. The van der Waals surface area contributed by atoms with Crippen LogP contribution in [0.5, 0.6) is 0 Å². The van der Waals surface area contributed by atoms with Crippen LogP contribution in [0.3, 0.4) is 0 Å². The molecule has 230 valence electrons. The van der Waals surface area contributed by atoms with E-state index in [0.29, 0.717) is 0 Å². The zero-order chi connectivity index (χ0) is 31.2. The Balaban J connectivity index is 5.89. The summed E-state index contributed by atoms with van der Waals surface area (Å²) in [7, 11) is -15.7. The number of hydrogen-bond acceptors (Lipinski definition) is 6. The van der Waals surface area contributed by atoms with Crippen LogP contribution in [0.4, 0.5) is 79.0 Å². The van der Waals surface area contributed by atoms with Crippen LogP contribution in [-0.2, 0) is 28.6 Å². The summed E-state index contributed by atoms with van der Waals surface area (Å²) >= 11 is 0. The number of halogens is 18. The van der Waals surface area contributed by atoms with Crippen molar-refractivity contribution in [3.8, 4) is 0 Å². The molecule has 0 aliphatic rings. The standard InChI is InChI=1S/C12H8F18O6S2/c13-7(14,15)5(8(16,17)18,9(19,20)21)37(31,32)35-3-1-2-4-36-38(33,34)6(10(22,23)24,11(25,26)27)12(28,29)30/h1-4H2. The Kier molecular flexibility index (Phi) is 9.80. The molecule has 0 saturated carbocycles. The molecule has 38 heavy (non-hydrogen) atoms. The van der Waals surface area contributed by atoms with Crippen LogP contribution < -0.4 is 0 Å². The second-order valence-corrected chi connectivity index (χ2v) is 10.1. The lowest BCUT2D eigenvalue weighted by Gasteiger charge is -2.37. The summed E-state index contributed by atoms with van der Waals surface area (Å²) in [5, 5.41) is 0. The summed E-state index contributed by atoms with van der Waals surface area (Å²) in [5.41, 5.74) is 0. The van der Waals surface area contributed by atoms with E-state index in [1.54, 1.807) is 0 Å². The molecule has 0 aliphatic carbocycles. The second-order valence-electron chi connectivity index (χ2n) is 6.61. The van der Waals surface area contributed by atoms with Gasteiger partial charge >= 0.3 is 66.8 Å². The zero-order valence-corrected chi connectivity index (χ0v) is 18.5. The molecular formula is C12H8F18O6S2. The predicted octanol–water partition coefficient (Wildman–Crippen LogP) is 5.31. The minimum Gasteiger partial charge on any atom is -0.269 e. The lowest BCUT2D eigenvalue weighted by atomic mass is 10.1. The van der Waals surface area contributed by atoms with Gasteiger partial charge in [-0.3, -0.25) is 8.37 Å². The zero-order valence-electron chi connectivity index (χ0n) is 16.9. The molecule has 0 fully saturated rings. The van der Waals surface area contributed by atoms with Gasteiger partial charge in [0.1, 0.15) is 0 Å². The fraction of sp³-hybridized carbons (Fsp3) is 1.00. The maximum atomic E-state index is 12.8. The molecule has 0 N–H and O–H groups in total. The Morgan fingerprint density at radius 3 is 0.658 bits per heavy atom. The summed E-state index contributed by atoms with van der Waals surface area (Å²) in [6.07, 6.45) is -49.2. The number of hydrogen-bond donors (Lipinski definition) is 0. The van der Waals surface area contributed by atoms with Gasteiger partial charge in [0.05, 0.1) is 13.2 Å². The van der Waals surface area contributed by atoms with Gasteiger partial charge in [0.15, 0.2) is 0 Å². The van der Waals surface area contributed by atoms with E-state index in [-0.39, 0.29) is 0 Å². The molecule has 0 atom stereocenters. The van der Waals surface area contributed by atoms with Gasteiger partial charge in [-0.15, -0.1) is 0 Å². The van der Waals surface area contributed by atoms with Crippen molar-refractivity contribution in [2.24, 2.45) is 0 Å². The monoisotopic (exact) mass is 654 g/mol. The van der Waals surface area contributed by atoms with Crippen LogP contribution in [0.15, 0.2) is 0 Å². The normalized spacial score (nSPS) is 16.2. The third-order valence-electron chi connectivity index (χ3n) is 4.16. The van der Waals surface area contributed by atoms with Crippen LogP contribution in [0.2, 0.25) is 0 Å². The first-order valence-electron chi connectivity index (χ1n) is 8.39. The lowest BCUT2D eigenvalue weighted by Crippen LogP contribution is -2.70. The number of unbranched alkanes of at least 4 members (excludes halogenated alkanes) is 1. The summed E-state index contributed by atoms with van der Waals surface area (Å²) in [6, 6.07) is 0. The molecule has 0 aromatic rings. The van der Waals surface area contributed by atoms with Crippen molar-refractivity contribution < 1.29 is 104 Å². The molecule has 0 saturated heterocycles. The molecule has 0 bridgehead atoms. The van der Waals surface area contributed by atoms with Crippen LogP contribution in [0.1, 0.15) is 12.8 Å². The molecule has 0 amide bonds. The number of alkyl halides is 18. The first kappa shape index (κ1) is 36.6. The average molecular weight is 654 g/mol. The molecule has 0 rings (SSSR count). The minimum absolute atomic E-state index is 1.59. The highest BCUT2D eigenvalue weighted by atomic mass is 32.2. The van der Waals surface area contributed by atoms with Gasteiger partial charge in [-0.1, -0.05) is 0 Å². The van der Waals surface area contributed by atoms with Crippen LogP contribution in [0.25, 0.3) is 0 Å². The van der Waals surface area contributed by atoms with Crippen molar-refractivity contribution in [1.29, 1.82) is 0 Å². The van der Waals surface area contributed by atoms with Crippen molar-refractivity contribution in [3.05, 3.63) is 0 Å². The topological polar surface area (TPSA) is 86.7 Å². The Morgan fingerprint density at radius 2 is 0.526 bits per heavy atom. The van der Waals surface area contributed by atoms with Crippen molar-refractivity contribution >= 4 is 20.2 Å². The highest BCUT2D eigenvalue weighted by Gasteiger charge is 2.92. The molecule has 0 aliphatic heterocycles. The van der Waals surface area contributed by atoms with Crippen LogP contribution >= 0.6 is 0 Å². The van der Waals surface area contributed by atoms with Gasteiger partial charge < -0.3 is 0 Å². The third kappa shape index (κ3) is 5.85. The van der Waals surface area contributed by atoms with E-state index in [0.717, 1.165) is 0 Å². The Hall–Kier alpha value is -1.44. The van der Waals surface area contributed by atoms with Crippen molar-refractivity contribution in [2.45, 2.75) is 59.4 Å². The van der Waals surface area contributed by atoms with E-state index in [9.17, 15) is 95.9 Å². The van der Waals surface area contributed by atoms with E-state index < -0.39 is 92.8 Å². The predicted molar refractivity (Wildman–Crippen MR) is 80.8 cm³/mol. The summed E-state index contributed by atoms with van der Waals surface area (Å²) in [6.45, 7) is -4.39. The van der Waals surface area contributed by atoms with Gasteiger partial charge in [0, 0.05) is 0 Å². The summed E-state index contributed by atoms with van der Waals surface area (Å²) in [4.78, 5) is 0. The highest BCUT2D eigenvalue weighted by Crippen LogP contribution is 2.59. The van der Waals surface area contributed by atoms with E-state index >= 15 is 0 Å².